The maximum Gasteiger partial charge on any atom is 0.257 e. The van der Waals surface area contributed by atoms with Crippen molar-refractivity contribution in [3.63, 3.8) is 0 Å². The molecule has 0 bridgehead atoms. The Hall–Kier alpha value is -2.75. The van der Waals surface area contributed by atoms with Crippen molar-refractivity contribution in [2.24, 2.45) is 0 Å². The summed E-state index contributed by atoms with van der Waals surface area (Å²) in [6.45, 7) is 1.65. The molecular formula is C22H23ClN2O4. The fourth-order valence-corrected chi connectivity index (χ4v) is 3.58. The van der Waals surface area contributed by atoms with Gasteiger partial charge in [0.15, 0.2) is 18.1 Å². The number of carbonyl (C=O) groups excluding carboxylic acids is 1. The summed E-state index contributed by atoms with van der Waals surface area (Å²) in [6.07, 6.45) is 1.64. The first kappa shape index (κ1) is 21.0. The van der Waals surface area contributed by atoms with Crippen molar-refractivity contribution >= 4 is 17.5 Å². The minimum absolute atomic E-state index is 0.143. The van der Waals surface area contributed by atoms with E-state index in [-0.39, 0.29) is 17.9 Å². The molecule has 29 heavy (non-hydrogen) atoms. The zero-order valence-electron chi connectivity index (χ0n) is 16.2. The number of hydrogen-bond acceptors (Lipinski definition) is 5. The van der Waals surface area contributed by atoms with E-state index in [1.54, 1.807) is 18.2 Å². The number of amides is 1. The number of carbonyl (C=O) groups is 1. The normalized spacial score (nSPS) is 15.2. The molecule has 1 amide bonds. The molecular weight excluding hydrogens is 392 g/mol. The summed E-state index contributed by atoms with van der Waals surface area (Å²) in [6, 6.07) is 14.6. The number of nitrogens with one attached hydrogen (secondary N) is 1. The van der Waals surface area contributed by atoms with Crippen molar-refractivity contribution in [2.75, 3.05) is 33.5 Å². The Balaban J connectivity index is 1.62. The van der Waals surface area contributed by atoms with Gasteiger partial charge < -0.3 is 19.5 Å². The van der Waals surface area contributed by atoms with Gasteiger partial charge in [0.2, 0.25) is 0 Å². The van der Waals surface area contributed by atoms with Gasteiger partial charge in [0, 0.05) is 36.3 Å². The molecule has 1 N–H and O–H groups in total. The van der Waals surface area contributed by atoms with Crippen LogP contribution in [0.3, 0.4) is 0 Å². The highest BCUT2D eigenvalue weighted by molar-refractivity contribution is 6.30. The minimum atomic E-state index is -0.226. The van der Waals surface area contributed by atoms with Crippen LogP contribution in [0, 0.1) is 11.3 Å². The molecule has 1 fully saturated rings. The predicted molar refractivity (Wildman–Crippen MR) is 109 cm³/mol. The van der Waals surface area contributed by atoms with Crippen molar-refractivity contribution in [3.05, 3.63) is 58.6 Å². The first-order valence-electron chi connectivity index (χ1n) is 9.38. The largest absolute Gasteiger partial charge is 0.493 e. The van der Waals surface area contributed by atoms with Crippen LogP contribution in [0.2, 0.25) is 5.02 Å². The third kappa shape index (κ3) is 5.20. The fourth-order valence-electron chi connectivity index (χ4n) is 3.45. The van der Waals surface area contributed by atoms with E-state index in [1.165, 1.54) is 7.11 Å². The zero-order chi connectivity index (χ0) is 20.7. The molecule has 1 saturated heterocycles. The first-order valence-corrected chi connectivity index (χ1v) is 9.75. The number of nitriles is 1. The van der Waals surface area contributed by atoms with E-state index in [2.05, 4.69) is 5.32 Å². The fraction of sp³-hybridized carbons (Fsp3) is 0.364. The molecule has 0 atom stereocenters. The van der Waals surface area contributed by atoms with Crippen LogP contribution in [0.1, 0.15) is 24.0 Å². The minimum Gasteiger partial charge on any atom is -0.493 e. The van der Waals surface area contributed by atoms with E-state index in [0.29, 0.717) is 41.8 Å². The number of rotatable bonds is 7. The van der Waals surface area contributed by atoms with Crippen LogP contribution in [0.4, 0.5) is 0 Å². The van der Waals surface area contributed by atoms with Gasteiger partial charge in [-0.05, 0) is 42.7 Å². The van der Waals surface area contributed by atoms with Crippen molar-refractivity contribution in [1.82, 2.24) is 5.32 Å². The maximum atomic E-state index is 12.4. The van der Waals surface area contributed by atoms with E-state index in [1.807, 2.05) is 30.3 Å². The Morgan fingerprint density at radius 2 is 1.93 bits per heavy atom. The molecule has 152 valence electrons. The lowest BCUT2D eigenvalue weighted by atomic mass is 9.74. The quantitative estimate of drug-likeness (QED) is 0.750. The molecule has 0 aliphatic carbocycles. The summed E-state index contributed by atoms with van der Waals surface area (Å²) in [4.78, 5) is 12.4. The van der Waals surface area contributed by atoms with Crippen LogP contribution >= 0.6 is 11.6 Å². The Kier molecular flexibility index (Phi) is 6.97. The highest BCUT2D eigenvalue weighted by Crippen LogP contribution is 2.35. The molecule has 3 rings (SSSR count). The third-order valence-electron chi connectivity index (χ3n) is 5.18. The number of benzene rings is 2. The number of halogens is 1. The molecule has 0 unspecified atom stereocenters. The third-order valence-corrected chi connectivity index (χ3v) is 5.43. The molecule has 0 saturated carbocycles. The first-order chi connectivity index (χ1) is 14.1. The van der Waals surface area contributed by atoms with Gasteiger partial charge in [-0.2, -0.15) is 5.26 Å². The Morgan fingerprint density at radius 1 is 1.21 bits per heavy atom. The molecule has 0 aromatic heterocycles. The molecule has 2 aromatic rings. The van der Waals surface area contributed by atoms with Gasteiger partial charge in [-0.15, -0.1) is 0 Å². The topological polar surface area (TPSA) is 80.6 Å². The van der Waals surface area contributed by atoms with E-state index < -0.39 is 0 Å². The summed E-state index contributed by atoms with van der Waals surface area (Å²) >= 11 is 6.03. The number of nitrogens with zero attached hydrogens (tertiary/aromatic N) is 1. The lowest BCUT2D eigenvalue weighted by molar-refractivity contribution is -0.123. The zero-order valence-corrected chi connectivity index (χ0v) is 17.0. The number of ether oxygens (including phenoxy) is 3. The van der Waals surface area contributed by atoms with Gasteiger partial charge in [0.25, 0.3) is 5.91 Å². The van der Waals surface area contributed by atoms with Crippen LogP contribution < -0.4 is 14.8 Å². The van der Waals surface area contributed by atoms with Crippen molar-refractivity contribution < 1.29 is 19.0 Å². The van der Waals surface area contributed by atoms with Gasteiger partial charge in [0.05, 0.1) is 18.7 Å². The summed E-state index contributed by atoms with van der Waals surface area (Å²) in [5, 5.41) is 12.6. The van der Waals surface area contributed by atoms with Gasteiger partial charge in [-0.3, -0.25) is 4.79 Å². The van der Waals surface area contributed by atoms with E-state index >= 15 is 0 Å². The molecule has 0 spiro atoms. The highest BCUT2D eigenvalue weighted by atomic mass is 35.5. The smallest absolute Gasteiger partial charge is 0.257 e. The van der Waals surface area contributed by atoms with E-state index in [9.17, 15) is 4.79 Å². The molecule has 0 radical (unpaired) electrons. The average molecular weight is 415 g/mol. The van der Waals surface area contributed by atoms with E-state index in [4.69, 9.17) is 31.1 Å². The SMILES string of the molecule is COc1cc(C#N)ccc1OCC(=O)NCC1(c2ccc(Cl)cc2)CCOCC1. The van der Waals surface area contributed by atoms with Crippen molar-refractivity contribution in [3.8, 4) is 17.6 Å². The van der Waals surface area contributed by atoms with Crippen molar-refractivity contribution in [1.29, 1.82) is 5.26 Å². The van der Waals surface area contributed by atoms with Crippen LogP contribution in [0.25, 0.3) is 0 Å². The lowest BCUT2D eigenvalue weighted by Crippen LogP contribution is -2.45. The molecule has 1 aliphatic rings. The molecule has 1 heterocycles. The second kappa shape index (κ2) is 9.64. The average Bonchev–Trinajstić information content (AvgIpc) is 2.77. The molecule has 6 nitrogen and oxygen atoms in total. The Labute approximate surface area is 175 Å². The van der Waals surface area contributed by atoms with Gasteiger partial charge in [0.1, 0.15) is 0 Å². The lowest BCUT2D eigenvalue weighted by Gasteiger charge is -2.38. The Bertz CT molecular complexity index is 887. The van der Waals surface area contributed by atoms with Crippen LogP contribution in [-0.2, 0) is 14.9 Å². The van der Waals surface area contributed by atoms with Crippen LogP contribution in [0.15, 0.2) is 42.5 Å². The number of methoxy groups -OCH3 is 1. The predicted octanol–water partition coefficient (Wildman–Crippen LogP) is 3.46. The van der Waals surface area contributed by atoms with Crippen molar-refractivity contribution in [2.45, 2.75) is 18.3 Å². The molecule has 2 aromatic carbocycles. The monoisotopic (exact) mass is 414 g/mol. The van der Waals surface area contributed by atoms with Gasteiger partial charge >= 0.3 is 0 Å². The summed E-state index contributed by atoms with van der Waals surface area (Å²) in [5.41, 5.74) is 1.41. The Morgan fingerprint density at radius 3 is 2.59 bits per heavy atom. The number of hydrogen-bond donors (Lipinski definition) is 1. The summed E-state index contributed by atoms with van der Waals surface area (Å²) in [5.74, 6) is 0.607. The highest BCUT2D eigenvalue weighted by Gasteiger charge is 2.34. The maximum absolute atomic E-state index is 12.4. The van der Waals surface area contributed by atoms with Gasteiger partial charge in [-0.1, -0.05) is 23.7 Å². The molecule has 7 heteroatoms. The second-order valence-corrected chi connectivity index (χ2v) is 7.38. The van der Waals surface area contributed by atoms with Gasteiger partial charge in [-0.25, -0.2) is 0 Å². The van der Waals surface area contributed by atoms with Crippen LogP contribution in [-0.4, -0.2) is 39.4 Å². The summed E-state index contributed by atoms with van der Waals surface area (Å²) in [7, 11) is 1.49. The van der Waals surface area contributed by atoms with E-state index in [0.717, 1.165) is 18.4 Å². The molecule has 1 aliphatic heterocycles. The standard InChI is InChI=1S/C22H23ClN2O4/c1-27-20-12-16(13-24)2-7-19(20)29-14-21(26)25-15-22(8-10-28-11-9-22)17-3-5-18(23)6-4-17/h2-7,12H,8-11,14-15H2,1H3,(H,25,26). The van der Waals surface area contributed by atoms with Crippen LogP contribution in [0.5, 0.6) is 11.5 Å². The second-order valence-electron chi connectivity index (χ2n) is 6.94. The summed E-state index contributed by atoms with van der Waals surface area (Å²) < 4.78 is 16.3.